The van der Waals surface area contributed by atoms with Crippen LogP contribution in [0.5, 0.6) is 0 Å². The Morgan fingerprint density at radius 3 is 2.28 bits per heavy atom. The van der Waals surface area contributed by atoms with Gasteiger partial charge in [0.25, 0.3) is 0 Å². The molecule has 2 rings (SSSR count). The van der Waals surface area contributed by atoms with Gasteiger partial charge < -0.3 is 10.6 Å². The van der Waals surface area contributed by atoms with Crippen molar-refractivity contribution in [1.29, 1.82) is 5.26 Å². The number of nitriles is 1. The van der Waals surface area contributed by atoms with Gasteiger partial charge in [-0.3, -0.25) is 9.59 Å². The van der Waals surface area contributed by atoms with Crippen molar-refractivity contribution in [1.82, 2.24) is 4.90 Å². The number of amides is 2. The molecule has 0 spiro atoms. The summed E-state index contributed by atoms with van der Waals surface area (Å²) in [5.74, 6) is 0.00420. The molecule has 1 aliphatic carbocycles. The van der Waals surface area contributed by atoms with Crippen LogP contribution in [0, 0.1) is 28.6 Å². The molecule has 18 heavy (non-hydrogen) atoms. The minimum absolute atomic E-state index is 0.0500. The summed E-state index contributed by atoms with van der Waals surface area (Å²) in [6.07, 6.45) is 2.58. The van der Waals surface area contributed by atoms with Crippen LogP contribution in [-0.4, -0.2) is 29.8 Å². The lowest BCUT2D eigenvalue weighted by molar-refractivity contribution is -0.147. The van der Waals surface area contributed by atoms with Crippen molar-refractivity contribution in [3.63, 3.8) is 0 Å². The largest absolute Gasteiger partial charge is 0.369 e. The Kier molecular flexibility index (Phi) is 3.29. The van der Waals surface area contributed by atoms with Crippen LogP contribution < -0.4 is 5.73 Å². The second kappa shape index (κ2) is 4.60. The number of piperidine rings is 1. The number of primary amides is 1. The van der Waals surface area contributed by atoms with E-state index in [0.717, 1.165) is 0 Å². The summed E-state index contributed by atoms with van der Waals surface area (Å²) in [4.78, 5) is 25.1. The molecule has 0 aromatic heterocycles. The van der Waals surface area contributed by atoms with Crippen LogP contribution >= 0.6 is 0 Å². The zero-order chi connectivity index (χ0) is 13.3. The smallest absolute Gasteiger partial charge is 0.243 e. The molecule has 1 saturated carbocycles. The highest BCUT2D eigenvalue weighted by Crippen LogP contribution is 2.46. The van der Waals surface area contributed by atoms with E-state index in [0.29, 0.717) is 44.7 Å². The lowest BCUT2D eigenvalue weighted by Crippen LogP contribution is -2.52. The van der Waals surface area contributed by atoms with Gasteiger partial charge in [-0.15, -0.1) is 0 Å². The van der Waals surface area contributed by atoms with Gasteiger partial charge in [0.1, 0.15) is 5.41 Å². The van der Waals surface area contributed by atoms with Crippen LogP contribution in [0.25, 0.3) is 0 Å². The lowest BCUT2D eigenvalue weighted by Gasteiger charge is -2.43. The predicted octanol–water partition coefficient (Wildman–Crippen LogP) is 0.650. The monoisotopic (exact) mass is 249 g/mol. The van der Waals surface area contributed by atoms with E-state index in [9.17, 15) is 14.9 Å². The first-order valence-electron chi connectivity index (χ1n) is 6.48. The second-order valence-corrected chi connectivity index (χ2v) is 5.68. The first kappa shape index (κ1) is 12.9. The summed E-state index contributed by atoms with van der Waals surface area (Å²) in [6.45, 7) is 3.15. The first-order chi connectivity index (χ1) is 8.48. The number of carbonyl (C=O) groups is 2. The van der Waals surface area contributed by atoms with Gasteiger partial charge in [0.05, 0.1) is 6.07 Å². The fraction of sp³-hybridized carbons (Fsp3) is 0.769. The molecule has 2 N–H and O–H groups in total. The maximum Gasteiger partial charge on any atom is 0.243 e. The third-order valence-corrected chi connectivity index (χ3v) is 4.20. The fourth-order valence-corrected chi connectivity index (χ4v) is 3.11. The zero-order valence-corrected chi connectivity index (χ0v) is 10.7. The second-order valence-electron chi connectivity index (χ2n) is 5.68. The average Bonchev–Trinajstić information content (AvgIpc) is 2.34. The van der Waals surface area contributed by atoms with E-state index in [1.807, 2.05) is 0 Å². The predicted molar refractivity (Wildman–Crippen MR) is 64.9 cm³/mol. The number of likely N-dealkylation sites (tertiary alicyclic amines) is 1. The Balaban J connectivity index is 1.96. The van der Waals surface area contributed by atoms with Crippen molar-refractivity contribution in [2.24, 2.45) is 23.0 Å². The molecule has 2 aliphatic rings. The lowest BCUT2D eigenvalue weighted by atomic mass is 9.62. The third kappa shape index (κ3) is 2.07. The third-order valence-electron chi connectivity index (χ3n) is 4.20. The SMILES string of the molecule is CC1CC(C#N)(C(=O)N2CCC(C(N)=O)CC2)C1. The Labute approximate surface area is 107 Å². The number of hydrogen-bond acceptors (Lipinski definition) is 3. The number of rotatable bonds is 2. The maximum atomic E-state index is 12.3. The summed E-state index contributed by atoms with van der Waals surface area (Å²) in [5, 5.41) is 9.22. The van der Waals surface area contributed by atoms with Crippen molar-refractivity contribution in [3.8, 4) is 6.07 Å². The Morgan fingerprint density at radius 2 is 1.89 bits per heavy atom. The molecule has 0 bridgehead atoms. The molecular formula is C13H19N3O2. The summed E-state index contributed by atoms with van der Waals surface area (Å²) in [5.41, 5.74) is 4.47. The Bertz CT molecular complexity index is 399. The van der Waals surface area contributed by atoms with E-state index in [4.69, 9.17) is 5.73 Å². The van der Waals surface area contributed by atoms with Gasteiger partial charge in [0, 0.05) is 19.0 Å². The Hall–Kier alpha value is -1.57. The highest BCUT2D eigenvalue weighted by Gasteiger charge is 2.51. The summed E-state index contributed by atoms with van der Waals surface area (Å²) < 4.78 is 0. The van der Waals surface area contributed by atoms with Gasteiger partial charge in [0.15, 0.2) is 0 Å². The quantitative estimate of drug-likeness (QED) is 0.779. The standard InChI is InChI=1S/C13H19N3O2/c1-9-6-13(7-9,8-14)12(18)16-4-2-10(3-5-16)11(15)17/h9-10H,2-7H2,1H3,(H2,15,17). The number of nitrogens with zero attached hydrogens (tertiary/aromatic N) is 2. The van der Waals surface area contributed by atoms with Crippen molar-refractivity contribution in [2.45, 2.75) is 32.6 Å². The van der Waals surface area contributed by atoms with E-state index in [2.05, 4.69) is 13.0 Å². The number of hydrogen-bond donors (Lipinski definition) is 1. The van der Waals surface area contributed by atoms with Crippen molar-refractivity contribution < 1.29 is 9.59 Å². The summed E-state index contributed by atoms with van der Waals surface area (Å²) in [6, 6.07) is 2.19. The van der Waals surface area contributed by atoms with E-state index >= 15 is 0 Å². The molecule has 2 fully saturated rings. The van der Waals surface area contributed by atoms with Crippen molar-refractivity contribution in [3.05, 3.63) is 0 Å². The molecule has 5 nitrogen and oxygen atoms in total. The molecule has 0 unspecified atom stereocenters. The summed E-state index contributed by atoms with van der Waals surface area (Å²) >= 11 is 0. The highest BCUT2D eigenvalue weighted by atomic mass is 16.2. The number of nitrogens with two attached hydrogens (primary N) is 1. The highest BCUT2D eigenvalue weighted by molar-refractivity contribution is 5.87. The molecule has 98 valence electrons. The average molecular weight is 249 g/mol. The van der Waals surface area contributed by atoms with Crippen molar-refractivity contribution >= 4 is 11.8 Å². The van der Waals surface area contributed by atoms with Crippen LogP contribution in [0.3, 0.4) is 0 Å². The minimum atomic E-state index is -0.793. The molecule has 5 heteroatoms. The van der Waals surface area contributed by atoms with Gasteiger partial charge in [-0.05, 0) is 31.6 Å². The minimum Gasteiger partial charge on any atom is -0.369 e. The van der Waals surface area contributed by atoms with Crippen LogP contribution in [0.4, 0.5) is 0 Å². The molecule has 1 heterocycles. The molecule has 1 saturated heterocycles. The van der Waals surface area contributed by atoms with E-state index in [1.165, 1.54) is 0 Å². The normalized spacial score (nSPS) is 32.4. The first-order valence-corrected chi connectivity index (χ1v) is 6.48. The van der Waals surface area contributed by atoms with Crippen LogP contribution in [0.1, 0.15) is 32.6 Å². The van der Waals surface area contributed by atoms with Gasteiger partial charge in [-0.25, -0.2) is 0 Å². The van der Waals surface area contributed by atoms with Gasteiger partial charge >= 0.3 is 0 Å². The number of carbonyl (C=O) groups excluding carboxylic acids is 2. The molecule has 1 aliphatic heterocycles. The fourth-order valence-electron chi connectivity index (χ4n) is 3.11. The topological polar surface area (TPSA) is 87.2 Å². The van der Waals surface area contributed by atoms with Gasteiger partial charge in [-0.1, -0.05) is 6.92 Å². The molecule has 0 atom stereocenters. The van der Waals surface area contributed by atoms with E-state index < -0.39 is 5.41 Å². The van der Waals surface area contributed by atoms with Gasteiger partial charge in [0.2, 0.25) is 11.8 Å². The molecular weight excluding hydrogens is 230 g/mol. The summed E-state index contributed by atoms with van der Waals surface area (Å²) in [7, 11) is 0. The molecule has 0 radical (unpaired) electrons. The maximum absolute atomic E-state index is 12.3. The van der Waals surface area contributed by atoms with Crippen LogP contribution in [-0.2, 0) is 9.59 Å². The van der Waals surface area contributed by atoms with E-state index in [1.54, 1.807) is 4.90 Å². The van der Waals surface area contributed by atoms with Crippen LogP contribution in [0.2, 0.25) is 0 Å². The van der Waals surface area contributed by atoms with Crippen molar-refractivity contribution in [2.75, 3.05) is 13.1 Å². The van der Waals surface area contributed by atoms with E-state index in [-0.39, 0.29) is 17.7 Å². The van der Waals surface area contributed by atoms with Crippen LogP contribution in [0.15, 0.2) is 0 Å². The van der Waals surface area contributed by atoms with Gasteiger partial charge in [-0.2, -0.15) is 5.26 Å². The molecule has 0 aromatic rings. The Morgan fingerprint density at radius 1 is 1.33 bits per heavy atom. The molecule has 2 amide bonds. The molecule has 0 aromatic carbocycles. The zero-order valence-electron chi connectivity index (χ0n) is 10.7.